The quantitative estimate of drug-likeness (QED) is 0.185. The van der Waals surface area contributed by atoms with Crippen molar-refractivity contribution >= 4 is 65.6 Å². The van der Waals surface area contributed by atoms with E-state index in [1.54, 1.807) is 0 Å². The molecule has 0 aliphatic heterocycles. The molecule has 0 bridgehead atoms. The molecule has 0 radical (unpaired) electrons. The zero-order chi connectivity index (χ0) is 36.9. The minimum absolute atomic E-state index is 0.0363. The molecular weight excluding hydrogens is 621 g/mol. The van der Waals surface area contributed by atoms with Crippen LogP contribution >= 0.6 is 0 Å². The van der Waals surface area contributed by atoms with Gasteiger partial charge in [-0.25, -0.2) is 0 Å². The van der Waals surface area contributed by atoms with Crippen LogP contribution < -0.4 is 0 Å². The highest BCUT2D eigenvalue weighted by Gasteiger charge is 2.20. The summed E-state index contributed by atoms with van der Waals surface area (Å²) in [6.07, 6.45) is 0. The molecule has 0 aliphatic rings. The number of furan rings is 1. The number of hydrogen-bond acceptors (Lipinski definition) is 1. The Labute approximate surface area is 299 Å². The fourth-order valence-electron chi connectivity index (χ4n) is 7.98. The fourth-order valence-corrected chi connectivity index (χ4v) is 7.98. The van der Waals surface area contributed by atoms with Gasteiger partial charge in [0.15, 0.2) is 0 Å². The third kappa shape index (κ3) is 4.19. The van der Waals surface area contributed by atoms with Crippen molar-refractivity contribution in [1.29, 1.82) is 0 Å². The molecule has 0 saturated heterocycles. The monoisotopic (exact) mass is 654 g/mol. The largest absolute Gasteiger partial charge is 0.456 e. The van der Waals surface area contributed by atoms with Crippen molar-refractivity contribution in [3.63, 3.8) is 0 Å². The second-order valence-electron chi connectivity index (χ2n) is 13.0. The van der Waals surface area contributed by atoms with Gasteiger partial charge in [0.1, 0.15) is 11.2 Å². The molecule has 0 aliphatic carbocycles. The number of hydrogen-bond donors (Lipinski definition) is 0. The first-order valence-electron chi connectivity index (χ1n) is 19.1. The average molecular weight is 655 g/mol. The SMILES string of the molecule is [2H]c1c([2H])c([2H])c2c(c1[2H])c1ccccc1n2-c1ccc2c3ccccc3n(-c3cccc4oc5ccc(-c6cccc(-c7ccccc7)c6)cc5c34)c2c1. The van der Waals surface area contributed by atoms with Gasteiger partial charge in [-0.3, -0.25) is 0 Å². The summed E-state index contributed by atoms with van der Waals surface area (Å²) in [6, 6.07) is 53.7. The molecule has 11 rings (SSSR count). The van der Waals surface area contributed by atoms with Gasteiger partial charge in [0.2, 0.25) is 0 Å². The van der Waals surface area contributed by atoms with Crippen LogP contribution in [0.15, 0.2) is 186 Å². The minimum Gasteiger partial charge on any atom is -0.456 e. The van der Waals surface area contributed by atoms with E-state index in [-0.39, 0.29) is 24.2 Å². The smallest absolute Gasteiger partial charge is 0.137 e. The molecule has 11 aromatic rings. The summed E-state index contributed by atoms with van der Waals surface area (Å²) in [5.74, 6) is 0. The Morgan fingerprint density at radius 2 is 1.06 bits per heavy atom. The Morgan fingerprint density at radius 3 is 1.92 bits per heavy atom. The van der Waals surface area contributed by atoms with Gasteiger partial charge < -0.3 is 13.6 Å². The number of rotatable bonds is 4. The number of benzene rings is 8. The van der Waals surface area contributed by atoms with Gasteiger partial charge in [0.25, 0.3) is 0 Å². The molecule has 0 fully saturated rings. The zero-order valence-corrected chi connectivity index (χ0v) is 27.3. The highest BCUT2D eigenvalue weighted by Crippen LogP contribution is 2.41. The molecule has 0 saturated carbocycles. The van der Waals surface area contributed by atoms with E-state index < -0.39 is 0 Å². The second-order valence-corrected chi connectivity index (χ2v) is 13.0. The zero-order valence-electron chi connectivity index (χ0n) is 31.3. The fraction of sp³-hybridized carbons (Fsp3) is 0. The third-order valence-corrected chi connectivity index (χ3v) is 10.2. The molecule has 8 aromatic carbocycles. The minimum atomic E-state index is -0.249. The van der Waals surface area contributed by atoms with E-state index in [0.717, 1.165) is 82.7 Å². The van der Waals surface area contributed by atoms with Crippen molar-refractivity contribution < 1.29 is 9.90 Å². The summed E-state index contributed by atoms with van der Waals surface area (Å²) in [4.78, 5) is 0. The normalized spacial score (nSPS) is 13.0. The molecule has 0 spiro atoms. The van der Waals surface area contributed by atoms with E-state index in [1.807, 2.05) is 47.0 Å². The van der Waals surface area contributed by atoms with Crippen molar-refractivity contribution in [3.8, 4) is 33.6 Å². The third-order valence-electron chi connectivity index (χ3n) is 10.2. The molecule has 238 valence electrons. The van der Waals surface area contributed by atoms with Crippen LogP contribution in [0.2, 0.25) is 0 Å². The van der Waals surface area contributed by atoms with Gasteiger partial charge in [-0.2, -0.15) is 0 Å². The first-order chi connectivity index (χ1) is 27.0. The summed E-state index contributed by atoms with van der Waals surface area (Å²) in [5.41, 5.74) is 11.3. The topological polar surface area (TPSA) is 23.0 Å². The van der Waals surface area contributed by atoms with Crippen molar-refractivity contribution in [2.24, 2.45) is 0 Å². The lowest BCUT2D eigenvalue weighted by atomic mass is 9.98. The lowest BCUT2D eigenvalue weighted by Crippen LogP contribution is -1.97. The van der Waals surface area contributed by atoms with Crippen LogP contribution in [-0.4, -0.2) is 9.13 Å². The van der Waals surface area contributed by atoms with Crippen molar-refractivity contribution in [2.45, 2.75) is 0 Å². The molecule has 0 atom stereocenters. The lowest BCUT2D eigenvalue weighted by Gasteiger charge is -2.12. The van der Waals surface area contributed by atoms with Crippen LogP contribution in [0.25, 0.3) is 99.2 Å². The maximum absolute atomic E-state index is 9.03. The highest BCUT2D eigenvalue weighted by atomic mass is 16.3. The molecule has 0 amide bonds. The standard InChI is InChI=1S/C48H30N2O/c1-2-12-31(13-3-1)32-14-10-15-33(28-32)34-24-27-46-40(29-34)48-44(22-11-23-47(48)51-46)50-43-21-9-6-18-38(43)39-26-25-35(30-45(39)50)49-41-19-7-4-16-36(41)37-17-5-8-20-42(37)49/h1-30H/i4D,7D,16D,19D. The van der Waals surface area contributed by atoms with Crippen molar-refractivity contribution in [1.82, 2.24) is 9.13 Å². The lowest BCUT2D eigenvalue weighted by molar-refractivity contribution is 0.669. The van der Waals surface area contributed by atoms with Crippen LogP contribution in [0.1, 0.15) is 5.48 Å². The van der Waals surface area contributed by atoms with Crippen LogP contribution in [0.5, 0.6) is 0 Å². The Kier molecular flexibility index (Phi) is 5.16. The van der Waals surface area contributed by atoms with Crippen LogP contribution in [-0.2, 0) is 0 Å². The van der Waals surface area contributed by atoms with E-state index in [4.69, 9.17) is 9.90 Å². The molecular formula is C48H30N2O. The van der Waals surface area contributed by atoms with Crippen LogP contribution in [0, 0.1) is 0 Å². The highest BCUT2D eigenvalue weighted by molar-refractivity contribution is 6.15. The first kappa shape index (κ1) is 24.3. The van der Waals surface area contributed by atoms with Gasteiger partial charge >= 0.3 is 0 Å². The second kappa shape index (κ2) is 10.8. The predicted molar refractivity (Wildman–Crippen MR) is 213 cm³/mol. The van der Waals surface area contributed by atoms with Gasteiger partial charge in [-0.15, -0.1) is 0 Å². The number of nitrogens with zero attached hydrogens (tertiary/aromatic N) is 2. The Bertz CT molecular complexity index is 3370. The summed E-state index contributed by atoms with van der Waals surface area (Å²) < 4.78 is 45.7. The van der Waals surface area contributed by atoms with Gasteiger partial charge in [-0.1, -0.05) is 121 Å². The Hall–Kier alpha value is -6.84. The molecule has 0 unspecified atom stereocenters. The summed E-state index contributed by atoms with van der Waals surface area (Å²) in [6.45, 7) is 0. The summed E-state index contributed by atoms with van der Waals surface area (Å²) >= 11 is 0. The first-order valence-corrected chi connectivity index (χ1v) is 17.1. The summed E-state index contributed by atoms with van der Waals surface area (Å²) in [7, 11) is 0. The predicted octanol–water partition coefficient (Wildman–Crippen LogP) is 13.1. The molecule has 3 heterocycles. The Morgan fingerprint density at radius 1 is 0.392 bits per heavy atom. The van der Waals surface area contributed by atoms with Crippen molar-refractivity contribution in [2.75, 3.05) is 0 Å². The van der Waals surface area contributed by atoms with E-state index in [2.05, 4.69) is 120 Å². The van der Waals surface area contributed by atoms with Gasteiger partial charge in [0.05, 0.1) is 38.6 Å². The van der Waals surface area contributed by atoms with E-state index in [9.17, 15) is 0 Å². The number of para-hydroxylation sites is 3. The molecule has 3 nitrogen and oxygen atoms in total. The Balaban J connectivity index is 1.18. The van der Waals surface area contributed by atoms with Crippen LogP contribution in [0.3, 0.4) is 0 Å². The maximum Gasteiger partial charge on any atom is 0.137 e. The number of fused-ring (bicyclic) bond motifs is 9. The van der Waals surface area contributed by atoms with E-state index in [0.29, 0.717) is 10.9 Å². The molecule has 0 N–H and O–H groups in total. The van der Waals surface area contributed by atoms with Crippen LogP contribution in [0.4, 0.5) is 0 Å². The number of aromatic nitrogens is 2. The van der Waals surface area contributed by atoms with Crippen molar-refractivity contribution in [3.05, 3.63) is 182 Å². The van der Waals surface area contributed by atoms with E-state index in [1.165, 1.54) is 5.56 Å². The van der Waals surface area contributed by atoms with E-state index >= 15 is 0 Å². The van der Waals surface area contributed by atoms with Gasteiger partial charge in [-0.05, 0) is 82.9 Å². The summed E-state index contributed by atoms with van der Waals surface area (Å²) in [5, 5.41) is 5.51. The molecule has 3 aromatic heterocycles. The maximum atomic E-state index is 9.03. The molecule has 3 heteroatoms. The van der Waals surface area contributed by atoms with Gasteiger partial charge in [0, 0.05) is 32.6 Å². The molecule has 51 heavy (non-hydrogen) atoms. The average Bonchev–Trinajstić information content (AvgIpc) is 3.90.